The van der Waals surface area contributed by atoms with E-state index >= 15 is 0 Å². The Morgan fingerprint density at radius 1 is 1.06 bits per heavy atom. The number of pyridine rings is 1. The van der Waals surface area contributed by atoms with Gasteiger partial charge in [-0.25, -0.2) is 18.6 Å². The summed E-state index contributed by atoms with van der Waals surface area (Å²) < 4.78 is 38.7. The molecule has 8 heteroatoms. The molecule has 2 aliphatic rings. The highest BCUT2D eigenvalue weighted by molar-refractivity contribution is 5.75. The maximum absolute atomic E-state index is 13.8. The second-order valence-electron chi connectivity index (χ2n) is 8.58. The monoisotopic (exact) mass is 465 g/mol. The van der Waals surface area contributed by atoms with Gasteiger partial charge in [-0.2, -0.15) is 0 Å². The molecule has 0 saturated carbocycles. The highest BCUT2D eigenvalue weighted by atomic mass is 19.1. The van der Waals surface area contributed by atoms with Crippen LogP contribution >= 0.6 is 0 Å². The molecule has 2 fully saturated rings. The third kappa shape index (κ3) is 4.04. The summed E-state index contributed by atoms with van der Waals surface area (Å²) in [6.07, 6.45) is -0.220. The Kier molecular flexibility index (Phi) is 5.81. The third-order valence-corrected chi connectivity index (χ3v) is 6.46. The largest absolute Gasteiger partial charge is 0.496 e. The molecule has 0 bridgehead atoms. The fourth-order valence-corrected chi connectivity index (χ4v) is 4.50. The number of anilines is 1. The number of hydrogen-bond acceptors (Lipinski definition) is 5. The van der Waals surface area contributed by atoms with Crippen LogP contribution in [0.15, 0.2) is 54.6 Å². The van der Waals surface area contributed by atoms with Gasteiger partial charge in [-0.15, -0.1) is 0 Å². The van der Waals surface area contributed by atoms with Crippen molar-refractivity contribution in [2.24, 2.45) is 0 Å². The Morgan fingerprint density at radius 2 is 1.79 bits per heavy atom. The lowest BCUT2D eigenvalue weighted by Gasteiger charge is -2.33. The molecule has 0 radical (unpaired) electrons. The Hall–Kier alpha value is -3.68. The van der Waals surface area contributed by atoms with Gasteiger partial charge < -0.3 is 14.4 Å². The van der Waals surface area contributed by atoms with Crippen LogP contribution in [0.1, 0.15) is 30.7 Å². The standard InChI is InChI=1S/C26H25F2N3O3/c1-16-25(17-12-18(27)14-19(28)13-17)34-26(32)31(16)15-22-20(21-6-3-4-7-23(21)33-2)8-9-24(29-22)30-10-5-11-30/h3-4,6-9,12-14,16,25H,5,10-11,15H2,1-2H3/t16-,25?/m0/s1. The van der Waals surface area contributed by atoms with Crippen molar-refractivity contribution >= 4 is 11.9 Å². The van der Waals surface area contributed by atoms with Crippen molar-refractivity contribution in [1.82, 2.24) is 9.88 Å². The first kappa shape index (κ1) is 22.1. The number of nitrogens with zero attached hydrogens (tertiary/aromatic N) is 3. The van der Waals surface area contributed by atoms with E-state index in [1.165, 1.54) is 12.1 Å². The van der Waals surface area contributed by atoms with Crippen molar-refractivity contribution in [2.45, 2.75) is 32.0 Å². The van der Waals surface area contributed by atoms with Gasteiger partial charge in [0.05, 0.1) is 25.4 Å². The number of methoxy groups -OCH3 is 1. The lowest BCUT2D eigenvalue weighted by molar-refractivity contribution is 0.130. The quantitative estimate of drug-likeness (QED) is 0.493. The molecular formula is C26H25F2N3O3. The van der Waals surface area contributed by atoms with Crippen molar-refractivity contribution in [2.75, 3.05) is 25.1 Å². The van der Waals surface area contributed by atoms with Crippen molar-refractivity contribution < 1.29 is 23.0 Å². The summed E-state index contributed by atoms with van der Waals surface area (Å²) in [6.45, 7) is 3.87. The number of hydrogen-bond donors (Lipinski definition) is 0. The smallest absolute Gasteiger partial charge is 0.411 e. The predicted octanol–water partition coefficient (Wildman–Crippen LogP) is 5.33. The van der Waals surface area contributed by atoms with Crippen LogP contribution in [0.5, 0.6) is 5.75 Å². The van der Waals surface area contributed by atoms with Crippen LogP contribution in [0, 0.1) is 11.6 Å². The summed E-state index contributed by atoms with van der Waals surface area (Å²) in [6, 6.07) is 14.4. The number of carbonyl (C=O) groups is 1. The van der Waals surface area contributed by atoms with Gasteiger partial charge in [0.1, 0.15) is 29.3 Å². The molecule has 34 heavy (non-hydrogen) atoms. The number of halogens is 2. The lowest BCUT2D eigenvalue weighted by Crippen LogP contribution is -2.38. The van der Waals surface area contributed by atoms with Crippen molar-refractivity contribution in [3.8, 4) is 16.9 Å². The Bertz CT molecular complexity index is 1210. The number of ether oxygens (including phenoxy) is 2. The maximum Gasteiger partial charge on any atom is 0.411 e. The zero-order valence-corrected chi connectivity index (χ0v) is 19.0. The summed E-state index contributed by atoms with van der Waals surface area (Å²) in [5.41, 5.74) is 2.70. The SMILES string of the molecule is COc1ccccc1-c1ccc(N2CCC2)nc1CN1C(=O)OC(c2cc(F)cc(F)c2)[C@@H]1C. The molecule has 0 spiro atoms. The molecular weight excluding hydrogens is 440 g/mol. The lowest BCUT2D eigenvalue weighted by atomic mass is 10.0. The van der Waals surface area contributed by atoms with E-state index in [9.17, 15) is 13.6 Å². The highest BCUT2D eigenvalue weighted by Crippen LogP contribution is 2.37. The summed E-state index contributed by atoms with van der Waals surface area (Å²) in [5, 5.41) is 0. The van der Waals surface area contributed by atoms with E-state index in [1.54, 1.807) is 18.9 Å². The van der Waals surface area contributed by atoms with Gasteiger partial charge in [-0.05, 0) is 43.7 Å². The zero-order valence-electron chi connectivity index (χ0n) is 19.0. The minimum atomic E-state index is -0.786. The second kappa shape index (κ2) is 8.93. The highest BCUT2D eigenvalue weighted by Gasteiger charge is 2.40. The van der Waals surface area contributed by atoms with E-state index in [4.69, 9.17) is 14.5 Å². The molecule has 3 heterocycles. The number of rotatable bonds is 6. The Morgan fingerprint density at radius 3 is 2.47 bits per heavy atom. The number of cyclic esters (lactones) is 1. The van der Waals surface area contributed by atoms with E-state index in [2.05, 4.69) is 4.90 Å². The summed E-state index contributed by atoms with van der Waals surface area (Å²) >= 11 is 0. The number of carbonyl (C=O) groups excluding carboxylic acids is 1. The predicted molar refractivity (Wildman–Crippen MR) is 124 cm³/mol. The van der Waals surface area contributed by atoms with Crippen molar-refractivity contribution in [3.63, 3.8) is 0 Å². The molecule has 2 aliphatic heterocycles. The number of amides is 1. The average molecular weight is 466 g/mol. The van der Waals surface area contributed by atoms with Crippen LogP contribution in [-0.4, -0.2) is 42.2 Å². The van der Waals surface area contributed by atoms with E-state index in [0.717, 1.165) is 42.5 Å². The number of aromatic nitrogens is 1. The topological polar surface area (TPSA) is 54.9 Å². The summed E-state index contributed by atoms with van der Waals surface area (Å²) in [5.74, 6) is 0.134. The normalized spacial score (nSPS) is 19.7. The molecule has 2 saturated heterocycles. The second-order valence-corrected chi connectivity index (χ2v) is 8.58. The molecule has 0 N–H and O–H groups in total. The molecule has 176 valence electrons. The summed E-state index contributed by atoms with van der Waals surface area (Å²) in [4.78, 5) is 21.5. The molecule has 1 amide bonds. The zero-order chi connectivity index (χ0) is 23.8. The van der Waals surface area contributed by atoms with Crippen LogP contribution in [0.25, 0.3) is 11.1 Å². The molecule has 3 aromatic rings. The van der Waals surface area contributed by atoms with Crippen LogP contribution in [0.3, 0.4) is 0 Å². The minimum Gasteiger partial charge on any atom is -0.496 e. The van der Waals surface area contributed by atoms with Gasteiger partial charge >= 0.3 is 6.09 Å². The van der Waals surface area contributed by atoms with E-state index in [-0.39, 0.29) is 12.1 Å². The first-order valence-corrected chi connectivity index (χ1v) is 11.3. The van der Waals surface area contributed by atoms with Gasteiger partial charge in [0.2, 0.25) is 0 Å². The fraction of sp³-hybridized carbons (Fsp3) is 0.308. The molecule has 5 rings (SSSR count). The molecule has 1 aromatic heterocycles. The Balaban J connectivity index is 1.50. The van der Waals surface area contributed by atoms with Crippen LogP contribution in [0.2, 0.25) is 0 Å². The van der Waals surface area contributed by atoms with Gasteiger partial charge in [-0.3, -0.25) is 4.90 Å². The van der Waals surface area contributed by atoms with Crippen LogP contribution < -0.4 is 9.64 Å². The van der Waals surface area contributed by atoms with Gasteiger partial charge in [0, 0.05) is 35.8 Å². The fourth-order valence-electron chi connectivity index (χ4n) is 4.50. The first-order chi connectivity index (χ1) is 16.4. The van der Waals surface area contributed by atoms with Crippen molar-refractivity contribution in [1.29, 1.82) is 0 Å². The molecule has 1 unspecified atom stereocenters. The van der Waals surface area contributed by atoms with Crippen LogP contribution in [0.4, 0.5) is 19.4 Å². The van der Waals surface area contributed by atoms with Gasteiger partial charge in [0.15, 0.2) is 0 Å². The van der Waals surface area contributed by atoms with Gasteiger partial charge in [0.25, 0.3) is 0 Å². The van der Waals surface area contributed by atoms with Crippen LogP contribution in [-0.2, 0) is 11.3 Å². The maximum atomic E-state index is 13.8. The van der Waals surface area contributed by atoms with Crippen molar-refractivity contribution in [3.05, 3.63) is 77.5 Å². The molecule has 6 nitrogen and oxygen atoms in total. The van der Waals surface area contributed by atoms with Gasteiger partial charge in [-0.1, -0.05) is 18.2 Å². The molecule has 2 atom stereocenters. The Labute approximate surface area is 196 Å². The summed E-state index contributed by atoms with van der Waals surface area (Å²) in [7, 11) is 1.61. The van der Waals surface area contributed by atoms with E-state index in [0.29, 0.717) is 11.4 Å². The first-order valence-electron chi connectivity index (χ1n) is 11.3. The molecule has 2 aromatic carbocycles. The average Bonchev–Trinajstić information content (AvgIpc) is 3.06. The number of benzene rings is 2. The third-order valence-electron chi connectivity index (χ3n) is 6.46. The van der Waals surface area contributed by atoms with E-state index < -0.39 is 29.9 Å². The molecule has 0 aliphatic carbocycles. The minimum absolute atomic E-state index is 0.184. The number of para-hydroxylation sites is 1. The van der Waals surface area contributed by atoms with E-state index in [1.807, 2.05) is 36.4 Å².